The van der Waals surface area contributed by atoms with Crippen LogP contribution in [0, 0.1) is 12.7 Å². The van der Waals surface area contributed by atoms with Crippen molar-refractivity contribution in [3.05, 3.63) is 82.0 Å². The van der Waals surface area contributed by atoms with E-state index in [0.717, 1.165) is 28.0 Å². The minimum absolute atomic E-state index is 0.254. The zero-order valence-electron chi connectivity index (χ0n) is 17.0. The summed E-state index contributed by atoms with van der Waals surface area (Å²) < 4.78 is 18.8. The Morgan fingerprint density at radius 3 is 2.35 bits per heavy atom. The minimum Gasteiger partial charge on any atom is -0.394 e. The van der Waals surface area contributed by atoms with Crippen molar-refractivity contribution in [1.82, 2.24) is 0 Å². The fraction of sp³-hybridized carbons (Fsp3) is 0.333. The molecule has 0 bridgehead atoms. The molecule has 1 aromatic heterocycles. The Labute approximate surface area is 184 Å². The average Bonchev–Trinajstić information content (AvgIpc) is 3.23. The highest BCUT2D eigenvalue weighted by Crippen LogP contribution is 2.34. The van der Waals surface area contributed by atoms with Gasteiger partial charge < -0.3 is 25.2 Å². The molecule has 0 radical (unpaired) electrons. The van der Waals surface area contributed by atoms with E-state index in [-0.39, 0.29) is 5.82 Å². The van der Waals surface area contributed by atoms with Crippen LogP contribution in [0.4, 0.5) is 4.39 Å². The molecule has 1 saturated heterocycles. The molecule has 0 spiro atoms. The van der Waals surface area contributed by atoms with Crippen LogP contribution in [-0.4, -0.2) is 51.4 Å². The standard InChI is InChI=1S/C24H25FO5S/c1-13-10-16(24-23(29)22(28)21(27)19(12-26)30-24)3-2-15(13)11-18-8-9-20(31-18)14-4-6-17(25)7-5-14/h2-10,19,21-24,26-29H,11-12H2,1H3/t19-,21-,22+,23-,24+/m1/s1. The fourth-order valence-electron chi connectivity index (χ4n) is 3.90. The van der Waals surface area contributed by atoms with Crippen LogP contribution in [-0.2, 0) is 11.2 Å². The molecule has 2 aromatic carbocycles. The molecule has 1 aliphatic heterocycles. The summed E-state index contributed by atoms with van der Waals surface area (Å²) in [4.78, 5) is 2.24. The average molecular weight is 445 g/mol. The van der Waals surface area contributed by atoms with Crippen molar-refractivity contribution < 1.29 is 29.6 Å². The Morgan fingerprint density at radius 2 is 1.68 bits per heavy atom. The number of rotatable bonds is 5. The number of hydrogen-bond donors (Lipinski definition) is 4. The molecule has 4 rings (SSSR count). The first-order chi connectivity index (χ1) is 14.9. The van der Waals surface area contributed by atoms with Gasteiger partial charge in [0, 0.05) is 16.2 Å². The van der Waals surface area contributed by atoms with Crippen molar-refractivity contribution in [2.24, 2.45) is 0 Å². The van der Waals surface area contributed by atoms with Gasteiger partial charge in [-0.1, -0.05) is 30.3 Å². The molecule has 0 unspecified atom stereocenters. The highest BCUT2D eigenvalue weighted by atomic mass is 32.1. The number of aryl methyl sites for hydroxylation is 1. The van der Waals surface area contributed by atoms with Gasteiger partial charge in [-0.25, -0.2) is 4.39 Å². The van der Waals surface area contributed by atoms with Crippen molar-refractivity contribution in [3.8, 4) is 10.4 Å². The van der Waals surface area contributed by atoms with Gasteiger partial charge in [-0.2, -0.15) is 0 Å². The summed E-state index contributed by atoms with van der Waals surface area (Å²) in [5, 5.41) is 39.8. The number of benzene rings is 2. The van der Waals surface area contributed by atoms with E-state index in [2.05, 4.69) is 6.07 Å². The lowest BCUT2D eigenvalue weighted by Gasteiger charge is -2.40. The lowest BCUT2D eigenvalue weighted by atomic mass is 9.89. The van der Waals surface area contributed by atoms with E-state index in [1.807, 2.05) is 31.2 Å². The molecule has 1 fully saturated rings. The van der Waals surface area contributed by atoms with E-state index in [1.165, 1.54) is 17.0 Å². The highest BCUT2D eigenvalue weighted by Gasteiger charge is 2.43. The topological polar surface area (TPSA) is 90.2 Å². The van der Waals surface area contributed by atoms with Crippen LogP contribution in [0.5, 0.6) is 0 Å². The Hall–Kier alpha value is -2.13. The number of halogens is 1. The van der Waals surface area contributed by atoms with E-state index in [1.54, 1.807) is 23.5 Å². The second-order valence-electron chi connectivity index (χ2n) is 7.89. The molecule has 0 saturated carbocycles. The van der Waals surface area contributed by atoms with E-state index in [9.17, 15) is 24.8 Å². The van der Waals surface area contributed by atoms with Gasteiger partial charge in [0.25, 0.3) is 0 Å². The van der Waals surface area contributed by atoms with Gasteiger partial charge in [0.15, 0.2) is 0 Å². The first-order valence-electron chi connectivity index (χ1n) is 10.1. The fourth-order valence-corrected chi connectivity index (χ4v) is 4.94. The van der Waals surface area contributed by atoms with Crippen LogP contribution in [0.1, 0.15) is 27.7 Å². The second-order valence-corrected chi connectivity index (χ2v) is 9.05. The first kappa shape index (κ1) is 22.1. The minimum atomic E-state index is -1.40. The molecule has 0 aliphatic carbocycles. The molecule has 1 aliphatic rings. The Bertz CT molecular complexity index is 1030. The molecular weight excluding hydrogens is 419 g/mol. The van der Waals surface area contributed by atoms with Gasteiger partial charge in [0.2, 0.25) is 0 Å². The smallest absolute Gasteiger partial charge is 0.123 e. The quantitative estimate of drug-likeness (QED) is 0.486. The molecule has 5 atom stereocenters. The van der Waals surface area contributed by atoms with Crippen LogP contribution in [0.3, 0.4) is 0 Å². The predicted octanol–water partition coefficient (Wildman–Crippen LogP) is 2.97. The summed E-state index contributed by atoms with van der Waals surface area (Å²) in [6.45, 7) is 1.52. The Kier molecular flexibility index (Phi) is 6.52. The van der Waals surface area contributed by atoms with E-state index >= 15 is 0 Å². The summed E-state index contributed by atoms with van der Waals surface area (Å²) in [7, 11) is 0. The highest BCUT2D eigenvalue weighted by molar-refractivity contribution is 7.15. The second kappa shape index (κ2) is 9.16. The molecule has 164 valence electrons. The lowest BCUT2D eigenvalue weighted by molar-refractivity contribution is -0.231. The number of hydrogen-bond acceptors (Lipinski definition) is 6. The Morgan fingerprint density at radius 1 is 0.935 bits per heavy atom. The first-order valence-corrected chi connectivity index (χ1v) is 10.9. The van der Waals surface area contributed by atoms with E-state index < -0.39 is 37.1 Å². The summed E-state index contributed by atoms with van der Waals surface area (Å²) in [5.74, 6) is -0.254. The maximum Gasteiger partial charge on any atom is 0.123 e. The van der Waals surface area contributed by atoms with Gasteiger partial charge >= 0.3 is 0 Å². The van der Waals surface area contributed by atoms with E-state index in [4.69, 9.17) is 4.74 Å². The molecule has 31 heavy (non-hydrogen) atoms. The monoisotopic (exact) mass is 444 g/mol. The predicted molar refractivity (Wildman–Crippen MR) is 116 cm³/mol. The third-order valence-corrected chi connectivity index (χ3v) is 6.88. The van der Waals surface area contributed by atoms with Crippen molar-refractivity contribution in [2.45, 2.75) is 43.9 Å². The van der Waals surface area contributed by atoms with Crippen LogP contribution >= 0.6 is 11.3 Å². The van der Waals surface area contributed by atoms with Crippen LogP contribution < -0.4 is 0 Å². The maximum atomic E-state index is 13.2. The van der Waals surface area contributed by atoms with Gasteiger partial charge in [-0.3, -0.25) is 0 Å². The van der Waals surface area contributed by atoms with Gasteiger partial charge in [-0.05, 0) is 53.4 Å². The zero-order valence-corrected chi connectivity index (χ0v) is 17.8. The summed E-state index contributed by atoms with van der Waals surface area (Å²) >= 11 is 1.66. The Balaban J connectivity index is 1.51. The van der Waals surface area contributed by atoms with Crippen molar-refractivity contribution in [1.29, 1.82) is 0 Å². The van der Waals surface area contributed by atoms with Crippen LogP contribution in [0.25, 0.3) is 10.4 Å². The molecule has 2 heterocycles. The molecule has 5 nitrogen and oxygen atoms in total. The normalized spacial score (nSPS) is 26.2. The summed E-state index contributed by atoms with van der Waals surface area (Å²) in [6.07, 6.45) is -5.10. The van der Waals surface area contributed by atoms with Gasteiger partial charge in [0.05, 0.1) is 6.61 Å². The van der Waals surface area contributed by atoms with Crippen LogP contribution in [0.15, 0.2) is 54.6 Å². The summed E-state index contributed by atoms with van der Waals surface area (Å²) in [5.41, 5.74) is 3.77. The number of ether oxygens (including phenoxy) is 1. The molecular formula is C24H25FO5S. The largest absolute Gasteiger partial charge is 0.394 e. The molecule has 4 N–H and O–H groups in total. The van der Waals surface area contributed by atoms with Crippen molar-refractivity contribution in [3.63, 3.8) is 0 Å². The number of aliphatic hydroxyl groups excluding tert-OH is 4. The summed E-state index contributed by atoms with van der Waals surface area (Å²) in [6, 6.07) is 16.2. The molecule has 7 heteroatoms. The third-order valence-electron chi connectivity index (χ3n) is 5.74. The maximum absolute atomic E-state index is 13.2. The van der Waals surface area contributed by atoms with Gasteiger partial charge in [0.1, 0.15) is 36.3 Å². The lowest BCUT2D eigenvalue weighted by Crippen LogP contribution is -2.55. The van der Waals surface area contributed by atoms with Crippen LogP contribution in [0.2, 0.25) is 0 Å². The van der Waals surface area contributed by atoms with Gasteiger partial charge in [-0.15, -0.1) is 11.3 Å². The zero-order chi connectivity index (χ0) is 22.1. The number of aliphatic hydroxyl groups is 4. The van der Waals surface area contributed by atoms with Crippen molar-refractivity contribution >= 4 is 11.3 Å². The number of thiophene rings is 1. The SMILES string of the molecule is Cc1cc([C@@H]2O[C@H](CO)[C@@H](O)[C@H](O)[C@H]2O)ccc1Cc1ccc(-c2ccc(F)cc2)s1. The molecule has 3 aromatic rings. The van der Waals surface area contributed by atoms with E-state index in [0.29, 0.717) is 5.56 Å². The third kappa shape index (κ3) is 4.57. The van der Waals surface area contributed by atoms with Crippen molar-refractivity contribution in [2.75, 3.05) is 6.61 Å². The molecule has 0 amide bonds.